The summed E-state index contributed by atoms with van der Waals surface area (Å²) in [5.74, 6) is 1.77. The van der Waals surface area contributed by atoms with E-state index in [2.05, 4.69) is 40.0 Å². The van der Waals surface area contributed by atoms with E-state index in [4.69, 9.17) is 14.9 Å². The van der Waals surface area contributed by atoms with Crippen LogP contribution in [0.1, 0.15) is 22.9 Å². The minimum atomic E-state index is 0.140. The molecule has 1 unspecified atom stereocenters. The Hall–Kier alpha value is -1.30. The summed E-state index contributed by atoms with van der Waals surface area (Å²) in [6.07, 6.45) is 1.72. The van der Waals surface area contributed by atoms with Gasteiger partial charge in [-0.05, 0) is 53.7 Å². The number of furan rings is 1. The minimum Gasteiger partial charge on any atom is -0.496 e. The maximum atomic E-state index is 5.98. The van der Waals surface area contributed by atoms with E-state index in [1.165, 1.54) is 5.56 Å². The van der Waals surface area contributed by atoms with Crippen LogP contribution in [0.25, 0.3) is 0 Å². The number of likely N-dealkylation sites (N-methyl/N-ethyl adjacent to an activating group) is 1. The zero-order valence-corrected chi connectivity index (χ0v) is 14.2. The average molecular weight is 353 g/mol. The lowest BCUT2D eigenvalue weighted by Crippen LogP contribution is -2.30. The Bertz CT molecular complexity index is 598. The van der Waals surface area contributed by atoms with Crippen molar-refractivity contribution in [2.45, 2.75) is 19.5 Å². The van der Waals surface area contributed by atoms with Crippen molar-refractivity contribution in [3.05, 3.63) is 51.9 Å². The smallest absolute Gasteiger partial charge is 0.133 e. The van der Waals surface area contributed by atoms with Crippen LogP contribution in [-0.4, -0.2) is 25.6 Å². The zero-order chi connectivity index (χ0) is 15.4. The number of halogens is 1. The van der Waals surface area contributed by atoms with Gasteiger partial charge in [-0.3, -0.25) is 4.90 Å². The number of aryl methyl sites for hydroxylation is 1. The van der Waals surface area contributed by atoms with Crippen LogP contribution < -0.4 is 10.5 Å². The van der Waals surface area contributed by atoms with Crippen molar-refractivity contribution in [3.8, 4) is 5.75 Å². The molecule has 1 atom stereocenters. The van der Waals surface area contributed by atoms with Crippen LogP contribution >= 0.6 is 15.9 Å². The molecule has 0 spiro atoms. The van der Waals surface area contributed by atoms with Crippen molar-refractivity contribution in [2.75, 3.05) is 20.7 Å². The lowest BCUT2D eigenvalue weighted by Gasteiger charge is -2.27. The summed E-state index contributed by atoms with van der Waals surface area (Å²) in [7, 11) is 3.73. The molecule has 1 aromatic heterocycles. The third-order valence-corrected chi connectivity index (χ3v) is 4.32. The van der Waals surface area contributed by atoms with Crippen molar-refractivity contribution in [1.29, 1.82) is 0 Å². The van der Waals surface area contributed by atoms with Gasteiger partial charge in [0.05, 0.1) is 17.8 Å². The summed E-state index contributed by atoms with van der Waals surface area (Å²) in [6.45, 7) is 3.32. The quantitative estimate of drug-likeness (QED) is 0.864. The topological polar surface area (TPSA) is 51.6 Å². The summed E-state index contributed by atoms with van der Waals surface area (Å²) < 4.78 is 11.6. The van der Waals surface area contributed by atoms with Crippen LogP contribution in [0, 0.1) is 6.92 Å². The number of hydrogen-bond acceptors (Lipinski definition) is 4. The molecular weight excluding hydrogens is 332 g/mol. The molecule has 0 saturated carbocycles. The third-order valence-electron chi connectivity index (χ3n) is 3.70. The average Bonchev–Trinajstić information content (AvgIpc) is 2.85. The lowest BCUT2D eigenvalue weighted by atomic mass is 10.0. The number of benzene rings is 1. The largest absolute Gasteiger partial charge is 0.496 e. The molecule has 1 heterocycles. The van der Waals surface area contributed by atoms with Crippen LogP contribution in [-0.2, 0) is 6.54 Å². The molecule has 0 amide bonds. The molecular formula is C16H21BrN2O2. The zero-order valence-electron chi connectivity index (χ0n) is 12.6. The Labute approximate surface area is 134 Å². The molecule has 5 heteroatoms. The van der Waals surface area contributed by atoms with Crippen LogP contribution in [0.15, 0.2) is 39.4 Å². The first-order valence-electron chi connectivity index (χ1n) is 6.83. The molecule has 0 aliphatic heterocycles. The predicted molar refractivity (Wildman–Crippen MR) is 87.4 cm³/mol. The van der Waals surface area contributed by atoms with Crippen LogP contribution in [0.2, 0.25) is 0 Å². The van der Waals surface area contributed by atoms with E-state index < -0.39 is 0 Å². The van der Waals surface area contributed by atoms with E-state index in [0.717, 1.165) is 28.1 Å². The highest BCUT2D eigenvalue weighted by molar-refractivity contribution is 9.10. The second kappa shape index (κ2) is 7.11. The summed E-state index contributed by atoms with van der Waals surface area (Å²) in [5, 5.41) is 0. The van der Waals surface area contributed by atoms with Crippen molar-refractivity contribution in [1.82, 2.24) is 4.90 Å². The Kier molecular flexibility index (Phi) is 5.45. The standard InChI is InChI=1S/C16H21BrN2O2/c1-11-13(6-7-21-11)10-19(2)15(9-18)12-4-5-16(20-3)14(17)8-12/h4-8,15H,9-10,18H2,1-3H3. The molecule has 114 valence electrons. The van der Waals surface area contributed by atoms with Gasteiger partial charge in [-0.15, -0.1) is 0 Å². The van der Waals surface area contributed by atoms with Gasteiger partial charge in [0.15, 0.2) is 0 Å². The predicted octanol–water partition coefficient (Wildman–Crippen LogP) is 3.49. The SMILES string of the molecule is COc1ccc(C(CN)N(C)Cc2ccoc2C)cc1Br. The fourth-order valence-electron chi connectivity index (χ4n) is 2.41. The fourth-order valence-corrected chi connectivity index (χ4v) is 2.97. The Morgan fingerprint density at radius 3 is 2.67 bits per heavy atom. The van der Waals surface area contributed by atoms with Crippen LogP contribution in [0.4, 0.5) is 0 Å². The van der Waals surface area contributed by atoms with E-state index in [9.17, 15) is 0 Å². The summed E-state index contributed by atoms with van der Waals surface area (Å²) in [4.78, 5) is 2.23. The summed E-state index contributed by atoms with van der Waals surface area (Å²) in [5.41, 5.74) is 8.33. The lowest BCUT2D eigenvalue weighted by molar-refractivity contribution is 0.240. The van der Waals surface area contributed by atoms with Gasteiger partial charge in [0, 0.05) is 24.7 Å². The monoisotopic (exact) mass is 352 g/mol. The van der Waals surface area contributed by atoms with Gasteiger partial charge >= 0.3 is 0 Å². The Morgan fingerprint density at radius 1 is 1.38 bits per heavy atom. The van der Waals surface area contributed by atoms with Gasteiger partial charge < -0.3 is 14.9 Å². The number of methoxy groups -OCH3 is 1. The van der Waals surface area contributed by atoms with Crippen LogP contribution in [0.3, 0.4) is 0 Å². The number of rotatable bonds is 6. The molecule has 2 aromatic rings. The highest BCUT2D eigenvalue weighted by Crippen LogP contribution is 2.30. The van der Waals surface area contributed by atoms with Crippen LogP contribution in [0.5, 0.6) is 5.75 Å². The van der Waals surface area contributed by atoms with Crippen molar-refractivity contribution in [2.24, 2.45) is 5.73 Å². The molecule has 21 heavy (non-hydrogen) atoms. The second-order valence-corrected chi connectivity index (χ2v) is 5.92. The second-order valence-electron chi connectivity index (χ2n) is 5.06. The van der Waals surface area contributed by atoms with E-state index in [1.54, 1.807) is 13.4 Å². The van der Waals surface area contributed by atoms with Gasteiger partial charge in [-0.25, -0.2) is 0 Å². The first-order valence-corrected chi connectivity index (χ1v) is 7.62. The number of nitrogens with two attached hydrogens (primary N) is 1. The molecule has 0 fully saturated rings. The van der Waals surface area contributed by atoms with E-state index in [0.29, 0.717) is 6.54 Å². The van der Waals surface area contributed by atoms with Gasteiger partial charge in [0.25, 0.3) is 0 Å². The fraction of sp³-hybridized carbons (Fsp3) is 0.375. The minimum absolute atomic E-state index is 0.140. The molecule has 1 aromatic carbocycles. The Balaban J connectivity index is 2.18. The number of hydrogen-bond donors (Lipinski definition) is 1. The maximum absolute atomic E-state index is 5.98. The summed E-state index contributed by atoms with van der Waals surface area (Å²) >= 11 is 3.53. The van der Waals surface area contributed by atoms with Gasteiger partial charge in [0.2, 0.25) is 0 Å². The van der Waals surface area contributed by atoms with Gasteiger partial charge in [-0.2, -0.15) is 0 Å². The normalized spacial score (nSPS) is 12.7. The number of nitrogens with zero attached hydrogens (tertiary/aromatic N) is 1. The van der Waals surface area contributed by atoms with E-state index in [-0.39, 0.29) is 6.04 Å². The molecule has 0 radical (unpaired) electrons. The third kappa shape index (κ3) is 3.67. The van der Waals surface area contributed by atoms with Gasteiger partial charge in [-0.1, -0.05) is 6.07 Å². The van der Waals surface area contributed by atoms with E-state index in [1.807, 2.05) is 19.1 Å². The molecule has 2 rings (SSSR count). The molecule has 0 bridgehead atoms. The Morgan fingerprint density at radius 2 is 2.14 bits per heavy atom. The molecule has 2 N–H and O–H groups in total. The first kappa shape index (κ1) is 16.1. The van der Waals surface area contributed by atoms with Crippen molar-refractivity contribution in [3.63, 3.8) is 0 Å². The van der Waals surface area contributed by atoms with Crippen molar-refractivity contribution >= 4 is 15.9 Å². The first-order chi connectivity index (χ1) is 10.1. The summed E-state index contributed by atoms with van der Waals surface area (Å²) in [6, 6.07) is 8.22. The molecule has 0 aliphatic carbocycles. The molecule has 4 nitrogen and oxygen atoms in total. The number of ether oxygens (including phenoxy) is 1. The highest BCUT2D eigenvalue weighted by Gasteiger charge is 2.18. The van der Waals surface area contributed by atoms with Crippen molar-refractivity contribution < 1.29 is 9.15 Å². The molecule has 0 aliphatic rings. The molecule has 0 saturated heterocycles. The maximum Gasteiger partial charge on any atom is 0.133 e. The van der Waals surface area contributed by atoms with Gasteiger partial charge in [0.1, 0.15) is 11.5 Å². The van der Waals surface area contributed by atoms with E-state index >= 15 is 0 Å². The highest BCUT2D eigenvalue weighted by atomic mass is 79.9.